The molecule has 11 heteroatoms. The summed E-state index contributed by atoms with van der Waals surface area (Å²) in [7, 11) is 1.26. The molecule has 1 fully saturated rings. The van der Waals surface area contributed by atoms with Crippen molar-refractivity contribution in [3.05, 3.63) is 64.7 Å². The second-order valence-corrected chi connectivity index (χ2v) is 9.40. The third-order valence-electron chi connectivity index (χ3n) is 6.97. The number of carbonyl (C=O) groups is 4. The maximum Gasteiger partial charge on any atom is 0.407 e. The first-order valence-electron chi connectivity index (χ1n) is 12.5. The zero-order chi connectivity index (χ0) is 27.2. The van der Waals surface area contributed by atoms with E-state index in [2.05, 4.69) is 9.64 Å². The van der Waals surface area contributed by atoms with Gasteiger partial charge in [0, 0.05) is 50.3 Å². The molecule has 2 aliphatic rings. The Morgan fingerprint density at radius 2 is 1.71 bits per heavy atom. The van der Waals surface area contributed by atoms with Crippen LogP contribution in [-0.4, -0.2) is 83.0 Å². The lowest BCUT2D eigenvalue weighted by molar-refractivity contribution is -0.141. The van der Waals surface area contributed by atoms with Crippen molar-refractivity contribution < 1.29 is 33.8 Å². The Hall–Kier alpha value is -4.12. The molecule has 38 heavy (non-hydrogen) atoms. The Kier molecular flexibility index (Phi) is 8.47. The number of hydrogen-bond donors (Lipinski definition) is 2. The standard InChI is InChI=1S/C27H32N4O7/c1-37-24(32)10-9-22(25(28)33)31-16-21-20(26(31)34)3-2-4-23(21)38-17-19-7-5-18(6-8-19)15-29-11-13-30(14-12-29)27(35)36/h2-8,22H,9-17H2,1H3,(H2,28,33)(H,35,36)/t22-/m0/s1. The van der Waals surface area contributed by atoms with Crippen molar-refractivity contribution >= 4 is 23.9 Å². The number of primary amides is 1. The second-order valence-electron chi connectivity index (χ2n) is 9.40. The number of fused-ring (bicyclic) bond motifs is 1. The molecule has 0 bridgehead atoms. The number of ether oxygens (including phenoxy) is 2. The second kappa shape index (κ2) is 12.0. The van der Waals surface area contributed by atoms with Crippen molar-refractivity contribution in [2.45, 2.75) is 38.6 Å². The number of nitrogens with two attached hydrogens (primary N) is 1. The molecule has 0 unspecified atom stereocenters. The summed E-state index contributed by atoms with van der Waals surface area (Å²) < 4.78 is 10.7. The molecule has 0 aromatic heterocycles. The highest BCUT2D eigenvalue weighted by molar-refractivity contribution is 6.01. The quantitative estimate of drug-likeness (QED) is 0.448. The molecule has 1 saturated heterocycles. The monoisotopic (exact) mass is 524 g/mol. The van der Waals surface area contributed by atoms with Crippen LogP contribution in [0.5, 0.6) is 5.75 Å². The minimum absolute atomic E-state index is 0.0257. The lowest BCUT2D eigenvalue weighted by Crippen LogP contribution is -2.47. The van der Waals surface area contributed by atoms with Gasteiger partial charge in [0.15, 0.2) is 0 Å². The fourth-order valence-corrected chi connectivity index (χ4v) is 4.78. The van der Waals surface area contributed by atoms with Gasteiger partial charge >= 0.3 is 12.1 Å². The molecule has 2 aromatic rings. The zero-order valence-corrected chi connectivity index (χ0v) is 21.3. The van der Waals surface area contributed by atoms with Crippen molar-refractivity contribution in [1.29, 1.82) is 0 Å². The summed E-state index contributed by atoms with van der Waals surface area (Å²) in [5.74, 6) is -0.930. The molecule has 2 heterocycles. The molecular weight excluding hydrogens is 492 g/mol. The Morgan fingerprint density at radius 1 is 1.03 bits per heavy atom. The van der Waals surface area contributed by atoms with Crippen molar-refractivity contribution in [3.8, 4) is 5.75 Å². The predicted molar refractivity (Wildman–Crippen MR) is 136 cm³/mol. The highest BCUT2D eigenvalue weighted by atomic mass is 16.5. The number of carbonyl (C=O) groups excluding carboxylic acids is 3. The van der Waals surface area contributed by atoms with Crippen LogP contribution in [0.4, 0.5) is 4.79 Å². The van der Waals surface area contributed by atoms with E-state index in [0.717, 1.165) is 17.7 Å². The first-order chi connectivity index (χ1) is 18.3. The fourth-order valence-electron chi connectivity index (χ4n) is 4.78. The number of methoxy groups -OCH3 is 1. The summed E-state index contributed by atoms with van der Waals surface area (Å²) >= 11 is 0. The minimum atomic E-state index is -0.929. The normalized spacial score (nSPS) is 16.2. The number of amides is 3. The van der Waals surface area contributed by atoms with E-state index in [1.807, 2.05) is 24.3 Å². The highest BCUT2D eigenvalue weighted by Crippen LogP contribution is 2.33. The van der Waals surface area contributed by atoms with Gasteiger partial charge in [-0.05, 0) is 29.7 Å². The van der Waals surface area contributed by atoms with E-state index < -0.39 is 24.0 Å². The summed E-state index contributed by atoms with van der Waals surface area (Å²) in [6.07, 6.45) is -0.817. The van der Waals surface area contributed by atoms with Crippen molar-refractivity contribution in [1.82, 2.24) is 14.7 Å². The molecule has 11 nitrogen and oxygen atoms in total. The summed E-state index contributed by atoms with van der Waals surface area (Å²) in [5.41, 5.74) is 8.77. The van der Waals surface area contributed by atoms with Gasteiger partial charge in [0.1, 0.15) is 18.4 Å². The van der Waals surface area contributed by atoms with E-state index in [1.54, 1.807) is 18.2 Å². The number of piperazine rings is 1. The highest BCUT2D eigenvalue weighted by Gasteiger charge is 2.37. The van der Waals surface area contributed by atoms with Crippen LogP contribution in [0.2, 0.25) is 0 Å². The fraction of sp³-hybridized carbons (Fsp3) is 0.407. The van der Waals surface area contributed by atoms with Crippen LogP contribution in [0, 0.1) is 0 Å². The maximum atomic E-state index is 13.0. The first kappa shape index (κ1) is 26.9. The Bertz CT molecular complexity index is 1190. The Balaban J connectivity index is 1.35. The number of benzene rings is 2. The summed E-state index contributed by atoms with van der Waals surface area (Å²) in [4.78, 5) is 52.8. The molecule has 202 valence electrons. The largest absolute Gasteiger partial charge is 0.489 e. The maximum absolute atomic E-state index is 13.0. The summed E-state index contributed by atoms with van der Waals surface area (Å²) in [6.45, 7) is 3.62. The Morgan fingerprint density at radius 3 is 2.34 bits per heavy atom. The smallest absolute Gasteiger partial charge is 0.407 e. The molecule has 3 N–H and O–H groups in total. The van der Waals surface area contributed by atoms with E-state index >= 15 is 0 Å². The molecule has 0 spiro atoms. The lowest BCUT2D eigenvalue weighted by Gasteiger charge is -2.33. The van der Waals surface area contributed by atoms with Gasteiger partial charge in [0.2, 0.25) is 5.91 Å². The molecule has 2 aliphatic heterocycles. The molecular formula is C27H32N4O7. The van der Waals surface area contributed by atoms with Gasteiger partial charge in [-0.2, -0.15) is 0 Å². The van der Waals surface area contributed by atoms with Gasteiger partial charge in [-0.15, -0.1) is 0 Å². The van der Waals surface area contributed by atoms with Gasteiger partial charge in [-0.1, -0.05) is 30.3 Å². The Labute approximate surface area is 220 Å². The average molecular weight is 525 g/mol. The van der Waals surface area contributed by atoms with E-state index in [9.17, 15) is 19.2 Å². The average Bonchev–Trinajstić information content (AvgIpc) is 3.25. The van der Waals surface area contributed by atoms with Crippen molar-refractivity contribution in [2.24, 2.45) is 5.73 Å². The summed E-state index contributed by atoms with van der Waals surface area (Å²) in [5, 5.41) is 9.09. The van der Waals surface area contributed by atoms with Crippen LogP contribution < -0.4 is 10.5 Å². The number of rotatable bonds is 10. The van der Waals surface area contributed by atoms with Crippen molar-refractivity contribution in [2.75, 3.05) is 33.3 Å². The number of hydrogen-bond acceptors (Lipinski definition) is 7. The molecule has 0 radical (unpaired) electrons. The van der Waals surface area contributed by atoms with Crippen LogP contribution in [0.3, 0.4) is 0 Å². The minimum Gasteiger partial charge on any atom is -0.489 e. The topological polar surface area (TPSA) is 143 Å². The molecule has 2 aromatic carbocycles. The van der Waals surface area contributed by atoms with Gasteiger partial charge in [0.25, 0.3) is 5.91 Å². The zero-order valence-electron chi connectivity index (χ0n) is 21.3. The predicted octanol–water partition coefficient (Wildman–Crippen LogP) is 1.82. The third-order valence-corrected chi connectivity index (χ3v) is 6.97. The number of nitrogens with zero attached hydrogens (tertiary/aromatic N) is 3. The van der Waals surface area contributed by atoms with Crippen LogP contribution in [0.1, 0.15) is 39.9 Å². The van der Waals surface area contributed by atoms with Gasteiger partial charge in [-0.25, -0.2) is 4.79 Å². The van der Waals surface area contributed by atoms with E-state index in [1.165, 1.54) is 16.9 Å². The molecule has 1 atom stereocenters. The van der Waals surface area contributed by atoms with Crippen LogP contribution in [0.15, 0.2) is 42.5 Å². The summed E-state index contributed by atoms with van der Waals surface area (Å²) in [6, 6.07) is 12.3. The molecule has 0 aliphatic carbocycles. The van der Waals surface area contributed by atoms with E-state index in [4.69, 9.17) is 15.6 Å². The molecule has 4 rings (SSSR count). The molecule has 3 amide bonds. The van der Waals surface area contributed by atoms with Crippen LogP contribution in [-0.2, 0) is 34.0 Å². The number of esters is 1. The van der Waals surface area contributed by atoms with Crippen molar-refractivity contribution in [3.63, 3.8) is 0 Å². The van der Waals surface area contributed by atoms with Crippen LogP contribution >= 0.6 is 0 Å². The van der Waals surface area contributed by atoms with Gasteiger partial charge in [0.05, 0.1) is 13.7 Å². The molecule has 0 saturated carbocycles. The third kappa shape index (κ3) is 6.23. The van der Waals surface area contributed by atoms with Crippen LogP contribution in [0.25, 0.3) is 0 Å². The van der Waals surface area contributed by atoms with E-state index in [0.29, 0.717) is 49.7 Å². The van der Waals surface area contributed by atoms with Gasteiger partial charge in [-0.3, -0.25) is 19.3 Å². The number of carboxylic acid groups (broad SMARTS) is 1. The van der Waals surface area contributed by atoms with E-state index in [-0.39, 0.29) is 25.3 Å². The van der Waals surface area contributed by atoms with Gasteiger partial charge < -0.3 is 30.1 Å². The lowest BCUT2D eigenvalue weighted by atomic mass is 10.1. The first-order valence-corrected chi connectivity index (χ1v) is 12.5. The SMILES string of the molecule is COC(=O)CC[C@@H](C(N)=O)N1Cc2c(OCc3ccc(CN4CCN(C(=O)O)CC4)cc3)cccc2C1=O.